The van der Waals surface area contributed by atoms with Gasteiger partial charge in [-0.2, -0.15) is 0 Å². The van der Waals surface area contributed by atoms with Crippen LogP contribution in [0.25, 0.3) is 0 Å². The van der Waals surface area contributed by atoms with E-state index in [9.17, 15) is 4.79 Å². The Morgan fingerprint density at radius 3 is 3.15 bits per heavy atom. The van der Waals surface area contributed by atoms with Gasteiger partial charge >= 0.3 is 6.03 Å². The first-order valence-electron chi connectivity index (χ1n) is 7.04. The molecule has 1 aromatic carbocycles. The van der Waals surface area contributed by atoms with Gasteiger partial charge in [-0.15, -0.1) is 0 Å². The summed E-state index contributed by atoms with van der Waals surface area (Å²) in [4.78, 5) is 14.1. The van der Waals surface area contributed by atoms with Gasteiger partial charge in [-0.1, -0.05) is 24.8 Å². The topological polar surface area (TPSA) is 58.4 Å². The standard InChI is InChI=1S/C16H21N3O/c1-13-5-4-10-19(12-13)16(20)18-15-8-2-6-14(11-15)7-3-9-17/h2,6,8,11,13H,4-5,9-10,12,17H2,1H3,(H,18,20). The number of piperidine rings is 1. The molecule has 1 atom stereocenters. The second-order valence-corrected chi connectivity index (χ2v) is 5.21. The summed E-state index contributed by atoms with van der Waals surface area (Å²) in [5.41, 5.74) is 6.99. The number of urea groups is 1. The van der Waals surface area contributed by atoms with E-state index < -0.39 is 0 Å². The third-order valence-corrected chi connectivity index (χ3v) is 3.39. The van der Waals surface area contributed by atoms with Crippen LogP contribution in [0.2, 0.25) is 0 Å². The van der Waals surface area contributed by atoms with Crippen LogP contribution in [0.3, 0.4) is 0 Å². The lowest BCUT2D eigenvalue weighted by Crippen LogP contribution is -2.41. The van der Waals surface area contributed by atoms with Gasteiger partial charge in [0.1, 0.15) is 0 Å². The second-order valence-electron chi connectivity index (χ2n) is 5.21. The summed E-state index contributed by atoms with van der Waals surface area (Å²) in [6.07, 6.45) is 2.28. The lowest BCUT2D eigenvalue weighted by molar-refractivity contribution is 0.182. The largest absolute Gasteiger partial charge is 0.324 e. The molecule has 1 heterocycles. The molecule has 1 aliphatic heterocycles. The van der Waals surface area contributed by atoms with Crippen LogP contribution in [0.15, 0.2) is 24.3 Å². The van der Waals surface area contributed by atoms with Crippen LogP contribution < -0.4 is 11.1 Å². The summed E-state index contributed by atoms with van der Waals surface area (Å²) in [6.45, 7) is 4.19. The Morgan fingerprint density at radius 2 is 2.40 bits per heavy atom. The highest BCUT2D eigenvalue weighted by molar-refractivity contribution is 5.89. The molecular formula is C16H21N3O. The van der Waals surface area contributed by atoms with Crippen molar-refractivity contribution in [2.45, 2.75) is 19.8 Å². The molecule has 4 heteroatoms. The average molecular weight is 271 g/mol. The highest BCUT2D eigenvalue weighted by Gasteiger charge is 2.20. The SMILES string of the molecule is CC1CCCN(C(=O)Nc2cccc(C#CCN)c2)C1. The average Bonchev–Trinajstić information content (AvgIpc) is 2.45. The van der Waals surface area contributed by atoms with Crippen molar-refractivity contribution in [2.75, 3.05) is 25.0 Å². The number of carbonyl (C=O) groups excluding carboxylic acids is 1. The lowest BCUT2D eigenvalue weighted by Gasteiger charge is -2.30. The molecule has 0 aliphatic carbocycles. The number of amides is 2. The molecule has 0 saturated carbocycles. The van der Waals surface area contributed by atoms with Gasteiger partial charge in [0.2, 0.25) is 0 Å². The molecule has 20 heavy (non-hydrogen) atoms. The second kappa shape index (κ2) is 6.97. The zero-order valence-electron chi connectivity index (χ0n) is 11.9. The number of rotatable bonds is 1. The highest BCUT2D eigenvalue weighted by atomic mass is 16.2. The van der Waals surface area contributed by atoms with Crippen molar-refractivity contribution >= 4 is 11.7 Å². The molecule has 0 bridgehead atoms. The van der Waals surface area contributed by atoms with Crippen LogP contribution >= 0.6 is 0 Å². The summed E-state index contributed by atoms with van der Waals surface area (Å²) >= 11 is 0. The zero-order valence-corrected chi connectivity index (χ0v) is 11.9. The van der Waals surface area contributed by atoms with Gasteiger partial charge in [0.05, 0.1) is 6.54 Å². The summed E-state index contributed by atoms with van der Waals surface area (Å²) < 4.78 is 0. The van der Waals surface area contributed by atoms with E-state index in [0.29, 0.717) is 12.5 Å². The van der Waals surface area contributed by atoms with Crippen LogP contribution in [0.4, 0.5) is 10.5 Å². The van der Waals surface area contributed by atoms with Crippen molar-refractivity contribution in [3.63, 3.8) is 0 Å². The van der Waals surface area contributed by atoms with Crippen molar-refractivity contribution in [3.05, 3.63) is 29.8 Å². The van der Waals surface area contributed by atoms with Crippen molar-refractivity contribution in [3.8, 4) is 11.8 Å². The minimum absolute atomic E-state index is 0.0273. The van der Waals surface area contributed by atoms with Crippen LogP contribution in [-0.2, 0) is 0 Å². The quantitative estimate of drug-likeness (QED) is 0.770. The van der Waals surface area contributed by atoms with E-state index in [1.165, 1.54) is 6.42 Å². The molecule has 1 fully saturated rings. The minimum Gasteiger partial charge on any atom is -0.324 e. The fourth-order valence-corrected chi connectivity index (χ4v) is 2.40. The van der Waals surface area contributed by atoms with E-state index >= 15 is 0 Å². The summed E-state index contributed by atoms with van der Waals surface area (Å²) in [6, 6.07) is 7.50. The smallest absolute Gasteiger partial charge is 0.321 e. The van der Waals surface area contributed by atoms with Crippen LogP contribution in [0.5, 0.6) is 0 Å². The Kier molecular flexibility index (Phi) is 5.03. The zero-order chi connectivity index (χ0) is 14.4. The third-order valence-electron chi connectivity index (χ3n) is 3.39. The van der Waals surface area contributed by atoms with Crippen LogP contribution in [0, 0.1) is 17.8 Å². The number of hydrogen-bond acceptors (Lipinski definition) is 2. The predicted octanol–water partition coefficient (Wildman–Crippen LogP) is 2.26. The Labute approximate surface area is 120 Å². The first-order valence-corrected chi connectivity index (χ1v) is 7.04. The Morgan fingerprint density at radius 1 is 1.55 bits per heavy atom. The van der Waals surface area contributed by atoms with Gasteiger partial charge in [0, 0.05) is 24.3 Å². The summed E-state index contributed by atoms with van der Waals surface area (Å²) in [5, 5.41) is 2.94. The van der Waals surface area contributed by atoms with E-state index in [2.05, 4.69) is 24.1 Å². The number of nitrogens with two attached hydrogens (primary N) is 1. The van der Waals surface area contributed by atoms with E-state index in [1.807, 2.05) is 29.2 Å². The van der Waals surface area contributed by atoms with E-state index in [4.69, 9.17) is 5.73 Å². The maximum absolute atomic E-state index is 12.2. The molecule has 0 aromatic heterocycles. The van der Waals surface area contributed by atoms with Crippen LogP contribution in [0.1, 0.15) is 25.3 Å². The van der Waals surface area contributed by atoms with Crippen molar-refractivity contribution in [1.29, 1.82) is 0 Å². The number of benzene rings is 1. The lowest BCUT2D eigenvalue weighted by atomic mass is 10.0. The van der Waals surface area contributed by atoms with Gasteiger partial charge in [-0.3, -0.25) is 0 Å². The van der Waals surface area contributed by atoms with E-state index in [-0.39, 0.29) is 6.03 Å². The number of nitrogens with zero attached hydrogens (tertiary/aromatic N) is 1. The van der Waals surface area contributed by atoms with Crippen molar-refractivity contribution < 1.29 is 4.79 Å². The molecule has 1 saturated heterocycles. The van der Waals surface area contributed by atoms with Gasteiger partial charge < -0.3 is 16.0 Å². The van der Waals surface area contributed by atoms with Gasteiger partial charge in [0.15, 0.2) is 0 Å². The Hall–Kier alpha value is -1.99. The molecule has 1 aromatic rings. The van der Waals surface area contributed by atoms with E-state index in [0.717, 1.165) is 30.8 Å². The monoisotopic (exact) mass is 271 g/mol. The molecule has 4 nitrogen and oxygen atoms in total. The molecule has 1 unspecified atom stereocenters. The Balaban J connectivity index is 2.00. The fourth-order valence-electron chi connectivity index (χ4n) is 2.40. The molecule has 0 spiro atoms. The number of nitrogens with one attached hydrogen (secondary N) is 1. The molecule has 1 aliphatic rings. The number of carbonyl (C=O) groups is 1. The van der Waals surface area contributed by atoms with Gasteiger partial charge in [-0.05, 0) is 37.0 Å². The molecule has 0 radical (unpaired) electrons. The fraction of sp³-hybridized carbons (Fsp3) is 0.438. The molecule has 2 amide bonds. The summed E-state index contributed by atoms with van der Waals surface area (Å²) in [7, 11) is 0. The molecule has 106 valence electrons. The first kappa shape index (κ1) is 14.4. The molecule has 2 rings (SSSR count). The maximum atomic E-state index is 12.2. The molecule has 3 N–H and O–H groups in total. The Bertz CT molecular complexity index is 530. The van der Waals surface area contributed by atoms with Gasteiger partial charge in [-0.25, -0.2) is 4.79 Å². The van der Waals surface area contributed by atoms with Crippen molar-refractivity contribution in [1.82, 2.24) is 4.90 Å². The summed E-state index contributed by atoms with van der Waals surface area (Å²) in [5.74, 6) is 6.35. The van der Waals surface area contributed by atoms with Crippen LogP contribution in [-0.4, -0.2) is 30.6 Å². The minimum atomic E-state index is -0.0273. The highest BCUT2D eigenvalue weighted by Crippen LogP contribution is 2.17. The number of hydrogen-bond donors (Lipinski definition) is 2. The molecular weight excluding hydrogens is 250 g/mol. The first-order chi connectivity index (χ1) is 9.69. The van der Waals surface area contributed by atoms with E-state index in [1.54, 1.807) is 0 Å². The third kappa shape index (κ3) is 4.01. The van der Waals surface area contributed by atoms with Crippen molar-refractivity contribution in [2.24, 2.45) is 11.7 Å². The maximum Gasteiger partial charge on any atom is 0.321 e. The number of likely N-dealkylation sites (tertiary alicyclic amines) is 1. The normalized spacial score (nSPS) is 18.1. The number of anilines is 1. The van der Waals surface area contributed by atoms with Gasteiger partial charge in [0.25, 0.3) is 0 Å². The predicted molar refractivity (Wildman–Crippen MR) is 81.4 cm³/mol.